The van der Waals surface area contributed by atoms with Crippen LogP contribution in [0.4, 0.5) is 5.82 Å². The topological polar surface area (TPSA) is 47.0 Å². The summed E-state index contributed by atoms with van der Waals surface area (Å²) < 4.78 is 5.54. The maximum absolute atomic E-state index is 5.54. The molecule has 1 rings (SSSR count). The van der Waals surface area contributed by atoms with Crippen LogP contribution in [0.5, 0.6) is 0 Å². The maximum atomic E-state index is 5.54. The molecule has 1 heterocycles. The van der Waals surface area contributed by atoms with Gasteiger partial charge in [0.1, 0.15) is 11.9 Å². The van der Waals surface area contributed by atoms with Gasteiger partial charge in [-0.05, 0) is 27.2 Å². The third-order valence-corrected chi connectivity index (χ3v) is 2.44. The summed E-state index contributed by atoms with van der Waals surface area (Å²) in [7, 11) is 0. The Morgan fingerprint density at radius 1 is 1.29 bits per heavy atom. The second-order valence-corrected chi connectivity index (χ2v) is 3.98. The second-order valence-electron chi connectivity index (χ2n) is 3.98. The maximum Gasteiger partial charge on any atom is 0.159 e. The minimum Gasteiger partial charge on any atom is -0.371 e. The summed E-state index contributed by atoms with van der Waals surface area (Å²) in [6, 6.07) is 2.02. The van der Waals surface area contributed by atoms with Crippen molar-refractivity contribution in [2.45, 2.75) is 46.6 Å². The van der Waals surface area contributed by atoms with Crippen LogP contribution in [0.3, 0.4) is 0 Å². The molecule has 1 atom stereocenters. The van der Waals surface area contributed by atoms with Crippen molar-refractivity contribution in [1.82, 2.24) is 9.97 Å². The Bertz CT molecular complexity index is 317. The molecule has 0 saturated carbocycles. The van der Waals surface area contributed by atoms with Crippen molar-refractivity contribution >= 4 is 5.82 Å². The lowest BCUT2D eigenvalue weighted by Crippen LogP contribution is -2.10. The molecule has 0 fully saturated rings. The molecule has 0 saturated heterocycles. The zero-order valence-corrected chi connectivity index (χ0v) is 11.3. The number of nitrogens with zero attached hydrogens (tertiary/aromatic N) is 2. The van der Waals surface area contributed by atoms with Crippen LogP contribution in [-0.4, -0.2) is 23.1 Å². The number of aryl methyl sites for hydroxylation is 1. The largest absolute Gasteiger partial charge is 0.371 e. The summed E-state index contributed by atoms with van der Waals surface area (Å²) in [5, 5.41) is 3.24. The fourth-order valence-corrected chi connectivity index (χ4v) is 1.68. The van der Waals surface area contributed by atoms with Gasteiger partial charge in [-0.15, -0.1) is 0 Å². The standard InChI is InChI=1S/C13H23N3O/c1-5-8-11-9-12(14-6-2)16-13(15-11)10(4)17-7-3/h9-10H,5-8H2,1-4H3,(H,14,15,16). The van der Waals surface area contributed by atoms with Crippen LogP contribution < -0.4 is 5.32 Å². The molecule has 0 amide bonds. The van der Waals surface area contributed by atoms with E-state index in [1.165, 1.54) is 0 Å². The quantitative estimate of drug-likeness (QED) is 0.792. The molecule has 0 aromatic carbocycles. The number of rotatable bonds is 7. The van der Waals surface area contributed by atoms with E-state index >= 15 is 0 Å². The molecule has 0 radical (unpaired) electrons. The molecule has 4 heteroatoms. The van der Waals surface area contributed by atoms with Gasteiger partial charge in [0.25, 0.3) is 0 Å². The van der Waals surface area contributed by atoms with Crippen molar-refractivity contribution in [3.63, 3.8) is 0 Å². The average Bonchev–Trinajstić information content (AvgIpc) is 2.30. The summed E-state index contributed by atoms with van der Waals surface area (Å²) in [5.41, 5.74) is 1.08. The van der Waals surface area contributed by atoms with Crippen molar-refractivity contribution in [3.8, 4) is 0 Å². The summed E-state index contributed by atoms with van der Waals surface area (Å²) in [6.45, 7) is 9.74. The summed E-state index contributed by atoms with van der Waals surface area (Å²) in [4.78, 5) is 9.02. The molecule has 0 aliphatic heterocycles. The SMILES string of the molecule is CCCc1cc(NCC)nc(C(C)OCC)n1. The van der Waals surface area contributed by atoms with E-state index in [0.717, 1.165) is 36.7 Å². The molecule has 1 unspecified atom stereocenters. The summed E-state index contributed by atoms with van der Waals surface area (Å²) in [6.07, 6.45) is 2.02. The fourth-order valence-electron chi connectivity index (χ4n) is 1.68. The number of ether oxygens (including phenoxy) is 1. The number of hydrogen-bond acceptors (Lipinski definition) is 4. The molecule has 1 N–H and O–H groups in total. The number of anilines is 1. The highest BCUT2D eigenvalue weighted by atomic mass is 16.5. The van der Waals surface area contributed by atoms with Gasteiger partial charge in [0.05, 0.1) is 0 Å². The first kappa shape index (κ1) is 13.9. The number of aromatic nitrogens is 2. The Balaban J connectivity index is 2.93. The number of hydrogen-bond donors (Lipinski definition) is 1. The minimum atomic E-state index is -0.0470. The first-order chi connectivity index (χ1) is 8.21. The van der Waals surface area contributed by atoms with Crippen LogP contribution in [0, 0.1) is 0 Å². The Morgan fingerprint density at radius 2 is 2.06 bits per heavy atom. The van der Waals surface area contributed by atoms with Crippen LogP contribution in [0.2, 0.25) is 0 Å². The van der Waals surface area contributed by atoms with Crippen molar-refractivity contribution < 1.29 is 4.74 Å². The zero-order chi connectivity index (χ0) is 12.7. The highest BCUT2D eigenvalue weighted by Gasteiger charge is 2.11. The molecule has 0 spiro atoms. The van der Waals surface area contributed by atoms with Gasteiger partial charge in [-0.1, -0.05) is 13.3 Å². The van der Waals surface area contributed by atoms with Crippen molar-refractivity contribution in [2.75, 3.05) is 18.5 Å². The van der Waals surface area contributed by atoms with Gasteiger partial charge in [0.2, 0.25) is 0 Å². The molecule has 17 heavy (non-hydrogen) atoms. The Morgan fingerprint density at radius 3 is 2.65 bits per heavy atom. The van der Waals surface area contributed by atoms with Gasteiger partial charge in [-0.2, -0.15) is 0 Å². The minimum absolute atomic E-state index is 0.0470. The average molecular weight is 237 g/mol. The van der Waals surface area contributed by atoms with Gasteiger partial charge >= 0.3 is 0 Å². The van der Waals surface area contributed by atoms with Gasteiger partial charge < -0.3 is 10.1 Å². The molecule has 96 valence electrons. The Kier molecular flexibility index (Phi) is 5.91. The lowest BCUT2D eigenvalue weighted by molar-refractivity contribution is 0.0700. The summed E-state index contributed by atoms with van der Waals surface area (Å²) >= 11 is 0. The van der Waals surface area contributed by atoms with E-state index in [9.17, 15) is 0 Å². The molecule has 0 aliphatic rings. The van der Waals surface area contributed by atoms with Crippen LogP contribution in [0.25, 0.3) is 0 Å². The van der Waals surface area contributed by atoms with Crippen molar-refractivity contribution in [1.29, 1.82) is 0 Å². The Labute approximate surface area is 104 Å². The smallest absolute Gasteiger partial charge is 0.159 e. The van der Waals surface area contributed by atoms with E-state index < -0.39 is 0 Å². The molecule has 0 aliphatic carbocycles. The lowest BCUT2D eigenvalue weighted by Gasteiger charge is -2.13. The zero-order valence-electron chi connectivity index (χ0n) is 11.3. The monoisotopic (exact) mass is 237 g/mol. The van der Waals surface area contributed by atoms with Crippen molar-refractivity contribution in [2.24, 2.45) is 0 Å². The second kappa shape index (κ2) is 7.22. The fraction of sp³-hybridized carbons (Fsp3) is 0.692. The lowest BCUT2D eigenvalue weighted by atomic mass is 10.2. The van der Waals surface area contributed by atoms with Crippen LogP contribution >= 0.6 is 0 Å². The molecule has 4 nitrogen and oxygen atoms in total. The van der Waals surface area contributed by atoms with Crippen LogP contribution in [-0.2, 0) is 11.2 Å². The van der Waals surface area contributed by atoms with E-state index in [1.54, 1.807) is 0 Å². The van der Waals surface area contributed by atoms with E-state index in [0.29, 0.717) is 6.61 Å². The predicted octanol–water partition coefficient (Wildman–Crippen LogP) is 2.96. The Hall–Kier alpha value is -1.16. The normalized spacial score (nSPS) is 12.5. The van der Waals surface area contributed by atoms with E-state index in [1.807, 2.05) is 19.9 Å². The van der Waals surface area contributed by atoms with E-state index in [4.69, 9.17) is 4.74 Å². The molecular formula is C13H23N3O. The van der Waals surface area contributed by atoms with E-state index in [-0.39, 0.29) is 6.10 Å². The molecule has 1 aromatic heterocycles. The van der Waals surface area contributed by atoms with Gasteiger partial charge in [0.15, 0.2) is 5.82 Å². The predicted molar refractivity (Wildman–Crippen MR) is 70.2 cm³/mol. The van der Waals surface area contributed by atoms with Crippen LogP contribution in [0.1, 0.15) is 51.7 Å². The third kappa shape index (κ3) is 4.30. The summed E-state index contributed by atoms with van der Waals surface area (Å²) in [5.74, 6) is 1.67. The van der Waals surface area contributed by atoms with Gasteiger partial charge in [-0.25, -0.2) is 9.97 Å². The first-order valence-electron chi connectivity index (χ1n) is 6.44. The molecule has 1 aromatic rings. The first-order valence-corrected chi connectivity index (χ1v) is 6.44. The van der Waals surface area contributed by atoms with Gasteiger partial charge in [0, 0.05) is 24.9 Å². The van der Waals surface area contributed by atoms with Gasteiger partial charge in [-0.3, -0.25) is 0 Å². The third-order valence-electron chi connectivity index (χ3n) is 2.44. The van der Waals surface area contributed by atoms with Crippen molar-refractivity contribution in [3.05, 3.63) is 17.6 Å². The molecular weight excluding hydrogens is 214 g/mol. The highest BCUT2D eigenvalue weighted by molar-refractivity contribution is 5.36. The van der Waals surface area contributed by atoms with E-state index in [2.05, 4.69) is 29.1 Å². The van der Waals surface area contributed by atoms with Crippen LogP contribution in [0.15, 0.2) is 6.07 Å². The highest BCUT2D eigenvalue weighted by Crippen LogP contribution is 2.16. The molecule has 0 bridgehead atoms. The number of nitrogens with one attached hydrogen (secondary N) is 1.